The third-order valence-corrected chi connectivity index (χ3v) is 4.63. The molecule has 1 aromatic rings. The van der Waals surface area contributed by atoms with Crippen molar-refractivity contribution < 1.29 is 4.79 Å². The van der Waals surface area contributed by atoms with E-state index in [4.69, 9.17) is 0 Å². The van der Waals surface area contributed by atoms with Crippen molar-refractivity contribution in [2.45, 2.75) is 52.4 Å². The van der Waals surface area contributed by atoms with Gasteiger partial charge in [-0.05, 0) is 75.9 Å². The molecule has 2 rings (SSSR count). The number of hydrogen-bond acceptors (Lipinski definition) is 2. The standard InChI is InChI=1S/C19H30N2O/c1-16-7-8-18(15-17(16)2)9-10-19(22)20-11-6-14-21-12-4-3-5-13-21/h7-8,15H,3-6,9-14H2,1-2H3,(H,20,22). The van der Waals surface area contributed by atoms with Crippen LogP contribution in [0.1, 0.15) is 48.8 Å². The zero-order valence-corrected chi connectivity index (χ0v) is 14.2. The lowest BCUT2D eigenvalue weighted by atomic mass is 10.0. The predicted molar refractivity (Wildman–Crippen MR) is 92.2 cm³/mol. The van der Waals surface area contributed by atoms with Gasteiger partial charge < -0.3 is 10.2 Å². The van der Waals surface area contributed by atoms with Gasteiger partial charge >= 0.3 is 0 Å². The van der Waals surface area contributed by atoms with Crippen LogP contribution in [0.5, 0.6) is 0 Å². The van der Waals surface area contributed by atoms with Crippen LogP contribution >= 0.6 is 0 Å². The molecular formula is C19H30N2O. The highest BCUT2D eigenvalue weighted by Crippen LogP contribution is 2.11. The minimum atomic E-state index is 0.178. The lowest BCUT2D eigenvalue weighted by Gasteiger charge is -2.26. The molecule has 0 atom stereocenters. The van der Waals surface area contributed by atoms with Crippen LogP contribution in [0, 0.1) is 13.8 Å². The lowest BCUT2D eigenvalue weighted by Crippen LogP contribution is -2.33. The summed E-state index contributed by atoms with van der Waals surface area (Å²) in [6.45, 7) is 8.65. The summed E-state index contributed by atoms with van der Waals surface area (Å²) in [4.78, 5) is 14.4. The lowest BCUT2D eigenvalue weighted by molar-refractivity contribution is -0.121. The first-order chi connectivity index (χ1) is 10.6. The van der Waals surface area contributed by atoms with E-state index in [1.807, 2.05) is 0 Å². The highest BCUT2D eigenvalue weighted by molar-refractivity contribution is 5.76. The Kier molecular flexibility index (Phi) is 6.91. The van der Waals surface area contributed by atoms with E-state index < -0.39 is 0 Å². The van der Waals surface area contributed by atoms with Crippen LogP contribution in [0.15, 0.2) is 18.2 Å². The Balaban J connectivity index is 1.58. The van der Waals surface area contributed by atoms with E-state index in [-0.39, 0.29) is 5.91 Å². The van der Waals surface area contributed by atoms with E-state index in [1.54, 1.807) is 0 Å². The minimum absolute atomic E-state index is 0.178. The molecule has 1 amide bonds. The van der Waals surface area contributed by atoms with E-state index in [0.29, 0.717) is 6.42 Å². The maximum Gasteiger partial charge on any atom is 0.220 e. The third kappa shape index (κ3) is 5.80. The molecule has 1 aromatic carbocycles. The molecule has 0 aliphatic carbocycles. The number of aryl methyl sites for hydroxylation is 3. The van der Waals surface area contributed by atoms with Gasteiger partial charge in [0, 0.05) is 13.0 Å². The third-order valence-electron chi connectivity index (χ3n) is 4.63. The predicted octanol–water partition coefficient (Wildman–Crippen LogP) is 3.23. The number of carbonyl (C=O) groups excluding carboxylic acids is 1. The van der Waals surface area contributed by atoms with Crippen LogP contribution in [-0.4, -0.2) is 37.0 Å². The summed E-state index contributed by atoms with van der Waals surface area (Å²) in [7, 11) is 0. The van der Waals surface area contributed by atoms with E-state index in [2.05, 4.69) is 42.3 Å². The molecule has 0 spiro atoms. The first-order valence-electron chi connectivity index (χ1n) is 8.70. The van der Waals surface area contributed by atoms with Crippen molar-refractivity contribution in [2.24, 2.45) is 0 Å². The van der Waals surface area contributed by atoms with Crippen molar-refractivity contribution in [3.05, 3.63) is 34.9 Å². The van der Waals surface area contributed by atoms with Crippen molar-refractivity contribution in [3.63, 3.8) is 0 Å². The van der Waals surface area contributed by atoms with Gasteiger partial charge in [0.05, 0.1) is 0 Å². The molecule has 1 aliphatic rings. The number of hydrogen-bond donors (Lipinski definition) is 1. The molecule has 1 heterocycles. The molecule has 1 saturated heterocycles. The quantitative estimate of drug-likeness (QED) is 0.784. The fourth-order valence-electron chi connectivity index (χ4n) is 3.02. The number of rotatable bonds is 7. The van der Waals surface area contributed by atoms with Crippen LogP contribution in [-0.2, 0) is 11.2 Å². The van der Waals surface area contributed by atoms with E-state index in [0.717, 1.165) is 25.9 Å². The van der Waals surface area contributed by atoms with Gasteiger partial charge in [-0.1, -0.05) is 24.6 Å². The first kappa shape index (κ1) is 17.0. The van der Waals surface area contributed by atoms with Crippen LogP contribution in [0.2, 0.25) is 0 Å². The van der Waals surface area contributed by atoms with Crippen LogP contribution < -0.4 is 5.32 Å². The Bertz CT molecular complexity index is 478. The average molecular weight is 302 g/mol. The molecule has 0 unspecified atom stereocenters. The van der Waals surface area contributed by atoms with Crippen molar-refractivity contribution in [2.75, 3.05) is 26.2 Å². The zero-order valence-electron chi connectivity index (χ0n) is 14.2. The van der Waals surface area contributed by atoms with Gasteiger partial charge in [-0.3, -0.25) is 4.79 Å². The number of nitrogens with zero attached hydrogens (tertiary/aromatic N) is 1. The Morgan fingerprint density at radius 2 is 1.91 bits per heavy atom. The largest absolute Gasteiger partial charge is 0.356 e. The molecule has 122 valence electrons. The second kappa shape index (κ2) is 8.94. The molecule has 3 nitrogen and oxygen atoms in total. The molecule has 1 aliphatic heterocycles. The fourth-order valence-corrected chi connectivity index (χ4v) is 3.02. The Labute approximate surface area is 135 Å². The molecule has 0 radical (unpaired) electrons. The Hall–Kier alpha value is -1.35. The summed E-state index contributed by atoms with van der Waals surface area (Å²) >= 11 is 0. The number of likely N-dealkylation sites (tertiary alicyclic amines) is 1. The Morgan fingerprint density at radius 1 is 1.14 bits per heavy atom. The maximum absolute atomic E-state index is 11.9. The molecule has 0 aromatic heterocycles. The monoisotopic (exact) mass is 302 g/mol. The summed E-state index contributed by atoms with van der Waals surface area (Å²) < 4.78 is 0. The van der Waals surface area contributed by atoms with Crippen LogP contribution in [0.3, 0.4) is 0 Å². The number of piperidine rings is 1. The fraction of sp³-hybridized carbons (Fsp3) is 0.632. The average Bonchev–Trinajstić information content (AvgIpc) is 2.54. The first-order valence-corrected chi connectivity index (χ1v) is 8.70. The molecule has 0 bridgehead atoms. The summed E-state index contributed by atoms with van der Waals surface area (Å²) in [5.41, 5.74) is 3.87. The molecule has 1 fully saturated rings. The molecule has 0 saturated carbocycles. The van der Waals surface area contributed by atoms with Gasteiger partial charge in [0.2, 0.25) is 5.91 Å². The van der Waals surface area contributed by atoms with Crippen molar-refractivity contribution in [3.8, 4) is 0 Å². The van der Waals surface area contributed by atoms with Crippen LogP contribution in [0.25, 0.3) is 0 Å². The topological polar surface area (TPSA) is 32.3 Å². The summed E-state index contributed by atoms with van der Waals surface area (Å²) in [5.74, 6) is 0.178. The molecule has 22 heavy (non-hydrogen) atoms. The number of carbonyl (C=O) groups is 1. The van der Waals surface area contributed by atoms with Gasteiger partial charge in [0.15, 0.2) is 0 Å². The second-order valence-corrected chi connectivity index (χ2v) is 6.52. The van der Waals surface area contributed by atoms with Crippen molar-refractivity contribution >= 4 is 5.91 Å². The van der Waals surface area contributed by atoms with Gasteiger partial charge in [0.25, 0.3) is 0 Å². The zero-order chi connectivity index (χ0) is 15.8. The van der Waals surface area contributed by atoms with Gasteiger partial charge in [-0.15, -0.1) is 0 Å². The van der Waals surface area contributed by atoms with Crippen LogP contribution in [0.4, 0.5) is 0 Å². The van der Waals surface area contributed by atoms with Gasteiger partial charge in [0.1, 0.15) is 0 Å². The SMILES string of the molecule is Cc1ccc(CCC(=O)NCCCN2CCCCC2)cc1C. The van der Waals surface area contributed by atoms with E-state index in [9.17, 15) is 4.79 Å². The summed E-state index contributed by atoms with van der Waals surface area (Å²) in [6.07, 6.45) is 6.54. The normalized spacial score (nSPS) is 15.7. The smallest absolute Gasteiger partial charge is 0.220 e. The number of benzene rings is 1. The van der Waals surface area contributed by atoms with Crippen molar-refractivity contribution in [1.29, 1.82) is 0 Å². The highest BCUT2D eigenvalue weighted by atomic mass is 16.1. The van der Waals surface area contributed by atoms with Crippen molar-refractivity contribution in [1.82, 2.24) is 10.2 Å². The van der Waals surface area contributed by atoms with Gasteiger partial charge in [-0.25, -0.2) is 0 Å². The van der Waals surface area contributed by atoms with E-state index >= 15 is 0 Å². The summed E-state index contributed by atoms with van der Waals surface area (Å²) in [6, 6.07) is 6.46. The Morgan fingerprint density at radius 3 is 2.64 bits per heavy atom. The highest BCUT2D eigenvalue weighted by Gasteiger charge is 2.09. The number of amides is 1. The summed E-state index contributed by atoms with van der Waals surface area (Å²) in [5, 5.41) is 3.05. The second-order valence-electron chi connectivity index (χ2n) is 6.52. The van der Waals surface area contributed by atoms with E-state index in [1.165, 1.54) is 49.0 Å². The number of nitrogens with one attached hydrogen (secondary N) is 1. The molecular weight excluding hydrogens is 272 g/mol. The maximum atomic E-state index is 11.9. The molecule has 1 N–H and O–H groups in total. The minimum Gasteiger partial charge on any atom is -0.356 e. The van der Waals surface area contributed by atoms with Gasteiger partial charge in [-0.2, -0.15) is 0 Å². The molecule has 3 heteroatoms.